The molecule has 0 atom stereocenters. The van der Waals surface area contributed by atoms with Gasteiger partial charge in [-0.2, -0.15) is 0 Å². The largest absolute Gasteiger partial charge is 0.392 e. The molecule has 0 aromatic heterocycles. The third-order valence-corrected chi connectivity index (χ3v) is 4.51. The SMILES string of the molecule is CNS(=O)(=O)c1ccc(S(N)(=O)=O)cc1CO. The standard InChI is InChI=1S/C8H12N2O5S2/c1-10-17(14,15)8-3-2-7(16(9,12)13)4-6(8)5-11/h2-4,10-11H,5H2,1H3,(H2,9,12,13). The Bertz CT molecular complexity index is 621. The number of aliphatic hydroxyl groups excluding tert-OH is 1. The fraction of sp³-hybridized carbons (Fsp3) is 0.250. The van der Waals surface area contributed by atoms with Crippen LogP contribution in [0.2, 0.25) is 0 Å². The van der Waals surface area contributed by atoms with E-state index in [1.165, 1.54) is 7.05 Å². The van der Waals surface area contributed by atoms with Crippen LogP contribution in [0.3, 0.4) is 0 Å². The highest BCUT2D eigenvalue weighted by Crippen LogP contribution is 2.19. The van der Waals surface area contributed by atoms with Crippen LogP contribution in [0.15, 0.2) is 28.0 Å². The number of sulfonamides is 2. The van der Waals surface area contributed by atoms with Crippen molar-refractivity contribution in [2.45, 2.75) is 16.4 Å². The van der Waals surface area contributed by atoms with Crippen LogP contribution in [0.25, 0.3) is 0 Å². The highest BCUT2D eigenvalue weighted by atomic mass is 32.2. The van der Waals surface area contributed by atoms with Crippen LogP contribution < -0.4 is 9.86 Å². The molecule has 7 nitrogen and oxygen atoms in total. The molecule has 0 radical (unpaired) electrons. The number of primary sulfonamides is 1. The van der Waals surface area contributed by atoms with Gasteiger partial charge in [0.15, 0.2) is 0 Å². The lowest BCUT2D eigenvalue weighted by molar-refractivity contribution is 0.278. The molecule has 0 aliphatic rings. The predicted octanol–water partition coefficient (Wildman–Crippen LogP) is -1.27. The summed E-state index contributed by atoms with van der Waals surface area (Å²) in [5.74, 6) is 0. The number of benzene rings is 1. The summed E-state index contributed by atoms with van der Waals surface area (Å²) in [4.78, 5) is -0.438. The van der Waals surface area contributed by atoms with Crippen molar-refractivity contribution in [2.24, 2.45) is 5.14 Å². The minimum Gasteiger partial charge on any atom is -0.392 e. The Morgan fingerprint density at radius 1 is 1.29 bits per heavy atom. The summed E-state index contributed by atoms with van der Waals surface area (Å²) in [5.41, 5.74) is -0.0362. The van der Waals surface area contributed by atoms with E-state index >= 15 is 0 Å². The summed E-state index contributed by atoms with van der Waals surface area (Å²) in [6, 6.07) is 3.18. The van der Waals surface area contributed by atoms with E-state index in [4.69, 9.17) is 10.2 Å². The molecule has 9 heteroatoms. The van der Waals surface area contributed by atoms with Crippen molar-refractivity contribution >= 4 is 20.0 Å². The molecule has 0 fully saturated rings. The van der Waals surface area contributed by atoms with E-state index in [1.54, 1.807) is 0 Å². The molecule has 1 aromatic rings. The molecule has 0 saturated carbocycles. The Hall–Kier alpha value is -1.00. The average Bonchev–Trinajstić information content (AvgIpc) is 2.27. The average molecular weight is 280 g/mol. The first-order valence-corrected chi connectivity index (χ1v) is 7.45. The first-order chi connectivity index (χ1) is 7.72. The van der Waals surface area contributed by atoms with E-state index in [-0.39, 0.29) is 15.4 Å². The molecule has 0 unspecified atom stereocenters. The van der Waals surface area contributed by atoms with Gasteiger partial charge in [-0.3, -0.25) is 0 Å². The fourth-order valence-electron chi connectivity index (χ4n) is 1.23. The molecule has 1 aromatic carbocycles. The minimum absolute atomic E-state index is 0.0362. The summed E-state index contributed by atoms with van der Waals surface area (Å²) in [7, 11) is -6.47. The number of nitrogens with one attached hydrogen (secondary N) is 1. The second-order valence-corrected chi connectivity index (χ2v) is 6.60. The van der Waals surface area contributed by atoms with E-state index in [9.17, 15) is 16.8 Å². The van der Waals surface area contributed by atoms with Crippen LogP contribution in [0, 0.1) is 0 Å². The Balaban J connectivity index is 3.50. The van der Waals surface area contributed by atoms with Crippen molar-refractivity contribution in [3.05, 3.63) is 23.8 Å². The second kappa shape index (κ2) is 4.70. The normalized spacial score (nSPS) is 12.6. The van der Waals surface area contributed by atoms with Gasteiger partial charge in [-0.1, -0.05) is 0 Å². The van der Waals surface area contributed by atoms with Crippen LogP contribution in [0.4, 0.5) is 0 Å². The zero-order chi connectivity index (χ0) is 13.3. The molecular formula is C8H12N2O5S2. The molecular weight excluding hydrogens is 268 g/mol. The van der Waals surface area contributed by atoms with Crippen molar-refractivity contribution in [3.63, 3.8) is 0 Å². The van der Waals surface area contributed by atoms with Gasteiger partial charge in [-0.05, 0) is 30.8 Å². The Labute approximate surface area is 99.4 Å². The maximum atomic E-state index is 11.5. The smallest absolute Gasteiger partial charge is 0.240 e. The molecule has 96 valence electrons. The number of nitrogens with two attached hydrogens (primary N) is 1. The van der Waals surface area contributed by atoms with Crippen LogP contribution in [-0.2, 0) is 26.7 Å². The fourth-order valence-corrected chi connectivity index (χ4v) is 2.73. The topological polar surface area (TPSA) is 127 Å². The zero-order valence-corrected chi connectivity index (χ0v) is 10.5. The van der Waals surface area contributed by atoms with Gasteiger partial charge in [0.2, 0.25) is 20.0 Å². The van der Waals surface area contributed by atoms with Gasteiger partial charge in [0.1, 0.15) is 0 Å². The van der Waals surface area contributed by atoms with Crippen LogP contribution >= 0.6 is 0 Å². The number of aliphatic hydroxyl groups is 1. The van der Waals surface area contributed by atoms with Crippen molar-refractivity contribution in [1.29, 1.82) is 0 Å². The summed E-state index contributed by atoms with van der Waals surface area (Å²) in [6.07, 6.45) is 0. The predicted molar refractivity (Wildman–Crippen MR) is 60.0 cm³/mol. The monoisotopic (exact) mass is 280 g/mol. The lowest BCUT2D eigenvalue weighted by Gasteiger charge is -2.09. The van der Waals surface area contributed by atoms with Crippen molar-refractivity contribution in [3.8, 4) is 0 Å². The summed E-state index contributed by atoms with van der Waals surface area (Å²) >= 11 is 0. The molecule has 0 aliphatic heterocycles. The zero-order valence-electron chi connectivity index (χ0n) is 8.91. The molecule has 0 heterocycles. The Morgan fingerprint density at radius 3 is 2.29 bits per heavy atom. The highest BCUT2D eigenvalue weighted by molar-refractivity contribution is 7.89. The number of hydrogen-bond acceptors (Lipinski definition) is 5. The first-order valence-electron chi connectivity index (χ1n) is 4.42. The molecule has 1 rings (SSSR count). The third-order valence-electron chi connectivity index (χ3n) is 2.09. The molecule has 0 bridgehead atoms. The lowest BCUT2D eigenvalue weighted by Crippen LogP contribution is -2.21. The Morgan fingerprint density at radius 2 is 1.88 bits per heavy atom. The van der Waals surface area contributed by atoms with Crippen LogP contribution in [0.5, 0.6) is 0 Å². The van der Waals surface area contributed by atoms with Gasteiger partial charge in [0.05, 0.1) is 16.4 Å². The highest BCUT2D eigenvalue weighted by Gasteiger charge is 2.18. The molecule has 17 heavy (non-hydrogen) atoms. The van der Waals surface area contributed by atoms with Gasteiger partial charge >= 0.3 is 0 Å². The van der Waals surface area contributed by atoms with Crippen LogP contribution in [0.1, 0.15) is 5.56 Å². The summed E-state index contributed by atoms with van der Waals surface area (Å²) in [6.45, 7) is -0.612. The molecule has 4 N–H and O–H groups in total. The van der Waals surface area contributed by atoms with E-state index in [0.29, 0.717) is 0 Å². The van der Waals surface area contributed by atoms with Crippen molar-refractivity contribution in [1.82, 2.24) is 4.72 Å². The maximum absolute atomic E-state index is 11.5. The number of rotatable bonds is 4. The molecule has 0 aliphatic carbocycles. The number of hydrogen-bond donors (Lipinski definition) is 3. The first kappa shape index (κ1) is 14.1. The van der Waals surface area contributed by atoms with Gasteiger partial charge in [0, 0.05) is 0 Å². The van der Waals surface area contributed by atoms with Crippen LogP contribution in [-0.4, -0.2) is 29.0 Å². The van der Waals surface area contributed by atoms with E-state index < -0.39 is 26.7 Å². The van der Waals surface area contributed by atoms with E-state index in [2.05, 4.69) is 4.72 Å². The minimum atomic E-state index is -3.93. The molecule has 0 spiro atoms. The van der Waals surface area contributed by atoms with E-state index in [1.807, 2.05) is 0 Å². The van der Waals surface area contributed by atoms with E-state index in [0.717, 1.165) is 18.2 Å². The van der Waals surface area contributed by atoms with Crippen molar-refractivity contribution < 1.29 is 21.9 Å². The Kier molecular flexibility index (Phi) is 3.89. The summed E-state index contributed by atoms with van der Waals surface area (Å²) in [5, 5.41) is 13.9. The molecule has 0 saturated heterocycles. The van der Waals surface area contributed by atoms with Gasteiger partial charge in [0.25, 0.3) is 0 Å². The van der Waals surface area contributed by atoms with Crippen molar-refractivity contribution in [2.75, 3.05) is 7.05 Å². The quantitative estimate of drug-likeness (QED) is 0.634. The molecule has 0 amide bonds. The third kappa shape index (κ3) is 3.01. The maximum Gasteiger partial charge on any atom is 0.240 e. The van der Waals surface area contributed by atoms with Gasteiger partial charge in [-0.25, -0.2) is 26.7 Å². The van der Waals surface area contributed by atoms with Gasteiger partial charge < -0.3 is 5.11 Å². The summed E-state index contributed by atoms with van der Waals surface area (Å²) < 4.78 is 47.3. The second-order valence-electron chi connectivity index (χ2n) is 3.18. The lowest BCUT2D eigenvalue weighted by atomic mass is 10.2. The van der Waals surface area contributed by atoms with Gasteiger partial charge in [-0.15, -0.1) is 0 Å².